The number of halogens is 4. The second-order valence-corrected chi connectivity index (χ2v) is 9.11. The molecule has 0 aromatic heterocycles. The van der Waals surface area contributed by atoms with Crippen molar-refractivity contribution in [1.82, 2.24) is 4.72 Å². The zero-order valence-corrected chi connectivity index (χ0v) is 20.0. The molecule has 0 aliphatic carbocycles. The third kappa shape index (κ3) is 7.18. The Hall–Kier alpha value is -3.61. The number of benzene rings is 3. The van der Waals surface area contributed by atoms with Crippen LogP contribution < -0.4 is 24.8 Å². The third-order valence-electron chi connectivity index (χ3n) is 4.23. The number of hydrogen-bond donors (Lipinski definition) is 4. The Balaban J connectivity index is 1.75. The second-order valence-electron chi connectivity index (χ2n) is 6.82. The van der Waals surface area contributed by atoms with Gasteiger partial charge in [-0.3, -0.25) is 9.52 Å². The van der Waals surface area contributed by atoms with Gasteiger partial charge in [-0.1, -0.05) is 23.2 Å². The monoisotopic (exact) mass is 544 g/mol. The normalized spacial score (nSPS) is 10.9. The first-order valence-electron chi connectivity index (χ1n) is 9.48. The van der Waals surface area contributed by atoms with E-state index in [0.29, 0.717) is 0 Å². The summed E-state index contributed by atoms with van der Waals surface area (Å²) in [5.41, 5.74) is -0.113. The Labute approximate surface area is 208 Å². The lowest BCUT2D eigenvalue weighted by atomic mass is 10.1. The van der Waals surface area contributed by atoms with E-state index in [9.17, 15) is 26.8 Å². The van der Waals surface area contributed by atoms with Crippen LogP contribution in [-0.4, -0.2) is 27.5 Å². The molecule has 0 radical (unpaired) electrons. The Morgan fingerprint density at radius 1 is 0.857 bits per heavy atom. The van der Waals surface area contributed by atoms with Crippen molar-refractivity contribution < 1.29 is 31.5 Å². The molecule has 0 aliphatic heterocycles. The highest BCUT2D eigenvalue weighted by Gasteiger charge is 2.19. The van der Waals surface area contributed by atoms with Crippen molar-refractivity contribution >= 4 is 62.4 Å². The summed E-state index contributed by atoms with van der Waals surface area (Å²) in [6, 6.07) is 9.52. The summed E-state index contributed by atoms with van der Waals surface area (Å²) >= 11 is 11.7. The number of methoxy groups -OCH3 is 1. The fourth-order valence-electron chi connectivity index (χ4n) is 2.78. The zero-order valence-electron chi connectivity index (χ0n) is 17.7. The number of amides is 3. The second kappa shape index (κ2) is 10.8. The van der Waals surface area contributed by atoms with Gasteiger partial charge in [-0.15, -0.1) is 0 Å². The van der Waals surface area contributed by atoms with Crippen molar-refractivity contribution in [3.05, 3.63) is 81.8 Å². The van der Waals surface area contributed by atoms with E-state index < -0.39 is 33.8 Å². The molecule has 0 spiro atoms. The molecule has 4 N–H and O–H groups in total. The maximum atomic E-state index is 13.4. The SMILES string of the molecule is COc1ccc(C(=O)Nc2ccc(F)c(F)c2)cc1NS(=O)(=O)NC(=O)Nc1cc(Cl)cc(Cl)c1. The van der Waals surface area contributed by atoms with Gasteiger partial charge in [0, 0.05) is 33.0 Å². The van der Waals surface area contributed by atoms with E-state index in [4.69, 9.17) is 27.9 Å². The summed E-state index contributed by atoms with van der Waals surface area (Å²) in [5.74, 6) is -2.96. The maximum Gasteiger partial charge on any atom is 0.334 e. The van der Waals surface area contributed by atoms with Gasteiger partial charge in [0.2, 0.25) is 0 Å². The highest BCUT2D eigenvalue weighted by Crippen LogP contribution is 2.27. The van der Waals surface area contributed by atoms with Crippen LogP contribution in [-0.2, 0) is 10.2 Å². The van der Waals surface area contributed by atoms with E-state index in [-0.39, 0.29) is 38.4 Å². The van der Waals surface area contributed by atoms with Crippen LogP contribution in [0, 0.1) is 11.6 Å². The average molecular weight is 545 g/mol. The van der Waals surface area contributed by atoms with Crippen LogP contribution in [0.1, 0.15) is 10.4 Å². The lowest BCUT2D eigenvalue weighted by molar-refractivity contribution is 0.102. The minimum Gasteiger partial charge on any atom is -0.495 e. The summed E-state index contributed by atoms with van der Waals surface area (Å²) in [6.45, 7) is 0. The number of nitrogens with one attached hydrogen (secondary N) is 4. The molecule has 0 unspecified atom stereocenters. The largest absolute Gasteiger partial charge is 0.495 e. The topological polar surface area (TPSA) is 126 Å². The molecule has 35 heavy (non-hydrogen) atoms. The molecule has 0 aliphatic rings. The third-order valence-corrected chi connectivity index (χ3v) is 5.61. The number of anilines is 3. The molecule has 3 aromatic carbocycles. The molecule has 0 fully saturated rings. The van der Waals surface area contributed by atoms with Gasteiger partial charge in [-0.25, -0.2) is 18.3 Å². The van der Waals surface area contributed by atoms with E-state index in [1.807, 2.05) is 0 Å². The van der Waals surface area contributed by atoms with Crippen LogP contribution in [0.15, 0.2) is 54.6 Å². The number of carbonyl (C=O) groups excluding carboxylic acids is 2. The standard InChI is InChI=1S/C21H16Cl2F2N4O5S/c1-34-19-5-2-11(20(30)26-14-3-4-16(24)17(25)10-14)6-18(19)28-35(32,33)29-21(31)27-15-8-12(22)7-13(23)9-15/h2-10,28H,1H3,(H,26,30)(H2,27,29,31). The van der Waals surface area contributed by atoms with Crippen molar-refractivity contribution in [2.75, 3.05) is 22.5 Å². The van der Waals surface area contributed by atoms with Crippen molar-refractivity contribution in [2.24, 2.45) is 0 Å². The molecule has 0 bridgehead atoms. The molecule has 0 saturated carbocycles. The fraction of sp³-hybridized carbons (Fsp3) is 0.0476. The summed E-state index contributed by atoms with van der Waals surface area (Å²) in [4.78, 5) is 24.7. The van der Waals surface area contributed by atoms with Crippen LogP contribution in [0.3, 0.4) is 0 Å². The van der Waals surface area contributed by atoms with E-state index in [0.717, 1.165) is 24.3 Å². The highest BCUT2D eigenvalue weighted by atomic mass is 35.5. The molecule has 14 heteroatoms. The first kappa shape index (κ1) is 26.0. The first-order chi connectivity index (χ1) is 16.5. The molecular weight excluding hydrogens is 529 g/mol. The molecule has 184 valence electrons. The summed E-state index contributed by atoms with van der Waals surface area (Å²) in [6.07, 6.45) is 0. The Morgan fingerprint density at radius 3 is 2.17 bits per heavy atom. The Bertz CT molecular complexity index is 1390. The lowest BCUT2D eigenvalue weighted by Gasteiger charge is -2.14. The van der Waals surface area contributed by atoms with Gasteiger partial charge in [-0.05, 0) is 48.5 Å². The highest BCUT2D eigenvalue weighted by molar-refractivity contribution is 7.91. The zero-order chi connectivity index (χ0) is 25.8. The molecule has 3 rings (SSSR count). The van der Waals surface area contributed by atoms with Gasteiger partial charge in [0.15, 0.2) is 11.6 Å². The lowest BCUT2D eigenvalue weighted by Crippen LogP contribution is -2.38. The first-order valence-corrected chi connectivity index (χ1v) is 11.7. The van der Waals surface area contributed by atoms with Gasteiger partial charge in [0.1, 0.15) is 5.75 Å². The Morgan fingerprint density at radius 2 is 1.54 bits per heavy atom. The maximum absolute atomic E-state index is 13.4. The number of carbonyl (C=O) groups is 2. The summed E-state index contributed by atoms with van der Waals surface area (Å²) in [7, 11) is -3.24. The summed E-state index contributed by atoms with van der Waals surface area (Å²) < 4.78 is 60.3. The van der Waals surface area contributed by atoms with Crippen LogP contribution in [0.2, 0.25) is 10.0 Å². The van der Waals surface area contributed by atoms with Gasteiger partial charge in [0.25, 0.3) is 5.91 Å². The fourth-order valence-corrected chi connectivity index (χ4v) is 4.10. The van der Waals surface area contributed by atoms with Crippen molar-refractivity contribution in [3.63, 3.8) is 0 Å². The average Bonchev–Trinajstić information content (AvgIpc) is 2.74. The van der Waals surface area contributed by atoms with Crippen molar-refractivity contribution in [3.8, 4) is 5.75 Å². The number of rotatable bonds is 7. The predicted octanol–water partition coefficient (Wildman–Crippen LogP) is 5.01. The molecular formula is C21H16Cl2F2N4O5S. The van der Waals surface area contributed by atoms with Crippen LogP contribution >= 0.6 is 23.2 Å². The number of ether oxygens (including phenoxy) is 1. The van der Waals surface area contributed by atoms with Gasteiger partial charge >= 0.3 is 16.2 Å². The number of urea groups is 1. The molecule has 0 atom stereocenters. The Kier molecular flexibility index (Phi) is 7.99. The van der Waals surface area contributed by atoms with Crippen molar-refractivity contribution in [2.45, 2.75) is 0 Å². The van der Waals surface area contributed by atoms with Crippen LogP contribution in [0.5, 0.6) is 5.75 Å². The van der Waals surface area contributed by atoms with Gasteiger partial charge < -0.3 is 15.4 Å². The molecule has 3 amide bonds. The van der Waals surface area contributed by atoms with Crippen molar-refractivity contribution in [1.29, 1.82) is 0 Å². The van der Waals surface area contributed by atoms with E-state index >= 15 is 0 Å². The van der Waals surface area contributed by atoms with Crippen LogP contribution in [0.25, 0.3) is 0 Å². The van der Waals surface area contributed by atoms with E-state index in [2.05, 4.69) is 15.4 Å². The predicted molar refractivity (Wildman–Crippen MR) is 128 cm³/mol. The van der Waals surface area contributed by atoms with Crippen LogP contribution in [0.4, 0.5) is 30.6 Å². The molecule has 0 heterocycles. The van der Waals surface area contributed by atoms with Gasteiger partial charge in [-0.2, -0.15) is 8.42 Å². The minimum atomic E-state index is -4.50. The quantitative estimate of drug-likeness (QED) is 0.332. The molecule has 9 nitrogen and oxygen atoms in total. The number of hydrogen-bond acceptors (Lipinski definition) is 5. The van der Waals surface area contributed by atoms with E-state index in [1.165, 1.54) is 37.4 Å². The van der Waals surface area contributed by atoms with Gasteiger partial charge in [0.05, 0.1) is 12.8 Å². The molecule has 0 saturated heterocycles. The molecule has 3 aromatic rings. The smallest absolute Gasteiger partial charge is 0.334 e. The van der Waals surface area contributed by atoms with E-state index in [1.54, 1.807) is 4.72 Å². The summed E-state index contributed by atoms with van der Waals surface area (Å²) in [5, 5.41) is 5.06. The minimum absolute atomic E-state index is 0.0219.